The van der Waals surface area contributed by atoms with E-state index in [1.54, 1.807) is 42.5 Å². The van der Waals surface area contributed by atoms with Crippen LogP contribution in [0.3, 0.4) is 0 Å². The van der Waals surface area contributed by atoms with Crippen molar-refractivity contribution in [2.24, 2.45) is 0 Å². The van der Waals surface area contributed by atoms with E-state index in [2.05, 4.69) is 10.6 Å². The molecule has 3 rings (SSSR count). The van der Waals surface area contributed by atoms with E-state index in [1.165, 1.54) is 0 Å². The van der Waals surface area contributed by atoms with Gasteiger partial charge >= 0.3 is 0 Å². The zero-order valence-electron chi connectivity index (χ0n) is 15.4. The molecule has 0 spiro atoms. The molecule has 27 heavy (non-hydrogen) atoms. The maximum absolute atomic E-state index is 12.7. The maximum Gasteiger partial charge on any atom is 0.259 e. The summed E-state index contributed by atoms with van der Waals surface area (Å²) in [5, 5.41) is 5.71. The van der Waals surface area contributed by atoms with E-state index in [1.807, 2.05) is 13.0 Å². The van der Waals surface area contributed by atoms with E-state index in [4.69, 9.17) is 9.47 Å². The van der Waals surface area contributed by atoms with Crippen LogP contribution in [0.15, 0.2) is 48.5 Å². The highest BCUT2D eigenvalue weighted by Crippen LogP contribution is 2.22. The highest BCUT2D eigenvalue weighted by atomic mass is 16.5. The van der Waals surface area contributed by atoms with Crippen LogP contribution in [0, 0.1) is 0 Å². The Hall–Kier alpha value is -2.86. The first-order chi connectivity index (χ1) is 13.2. The number of carbonyl (C=O) groups excluding carboxylic acids is 2. The molecule has 142 valence electrons. The van der Waals surface area contributed by atoms with Gasteiger partial charge in [0, 0.05) is 13.2 Å². The lowest BCUT2D eigenvalue weighted by Crippen LogP contribution is -2.32. The molecule has 1 heterocycles. The molecular formula is C21H24N2O4. The van der Waals surface area contributed by atoms with Crippen LogP contribution in [0.4, 0.5) is 5.69 Å². The van der Waals surface area contributed by atoms with Gasteiger partial charge in [-0.1, -0.05) is 24.3 Å². The van der Waals surface area contributed by atoms with E-state index in [0.717, 1.165) is 19.4 Å². The van der Waals surface area contributed by atoms with E-state index < -0.39 is 0 Å². The SMILES string of the molecule is CCOc1ccccc1C(=O)Nc1ccccc1C(=O)NC[C@H]1CCCO1. The first kappa shape index (κ1) is 18.9. The van der Waals surface area contributed by atoms with Crippen LogP contribution in [0.25, 0.3) is 0 Å². The quantitative estimate of drug-likeness (QED) is 0.787. The summed E-state index contributed by atoms with van der Waals surface area (Å²) < 4.78 is 11.0. The summed E-state index contributed by atoms with van der Waals surface area (Å²) in [6.07, 6.45) is 2.04. The molecule has 0 radical (unpaired) electrons. The fourth-order valence-electron chi connectivity index (χ4n) is 3.02. The monoisotopic (exact) mass is 368 g/mol. The molecule has 2 N–H and O–H groups in total. The molecule has 2 aromatic carbocycles. The second-order valence-corrected chi connectivity index (χ2v) is 6.27. The van der Waals surface area contributed by atoms with Crippen molar-refractivity contribution in [3.8, 4) is 5.75 Å². The van der Waals surface area contributed by atoms with Crippen molar-refractivity contribution >= 4 is 17.5 Å². The van der Waals surface area contributed by atoms with Crippen molar-refractivity contribution < 1.29 is 19.1 Å². The lowest BCUT2D eigenvalue weighted by molar-refractivity contribution is 0.0858. The third kappa shape index (κ3) is 4.86. The molecule has 0 unspecified atom stereocenters. The van der Waals surface area contributed by atoms with Gasteiger partial charge in [-0.3, -0.25) is 9.59 Å². The third-order valence-corrected chi connectivity index (χ3v) is 4.37. The molecule has 2 amide bonds. The summed E-state index contributed by atoms with van der Waals surface area (Å²) in [6.45, 7) is 3.54. The van der Waals surface area contributed by atoms with Crippen LogP contribution in [-0.2, 0) is 4.74 Å². The van der Waals surface area contributed by atoms with Gasteiger partial charge in [-0.15, -0.1) is 0 Å². The number of ether oxygens (including phenoxy) is 2. The smallest absolute Gasteiger partial charge is 0.259 e. The van der Waals surface area contributed by atoms with Crippen LogP contribution < -0.4 is 15.4 Å². The second-order valence-electron chi connectivity index (χ2n) is 6.27. The van der Waals surface area contributed by atoms with Gasteiger partial charge < -0.3 is 20.1 Å². The van der Waals surface area contributed by atoms with Gasteiger partial charge in [0.1, 0.15) is 5.75 Å². The number of hydrogen-bond donors (Lipinski definition) is 2. The number of hydrogen-bond acceptors (Lipinski definition) is 4. The molecule has 1 atom stereocenters. The van der Waals surface area contributed by atoms with Crippen molar-refractivity contribution in [3.63, 3.8) is 0 Å². The Morgan fingerprint density at radius 1 is 1.07 bits per heavy atom. The van der Waals surface area contributed by atoms with E-state index in [-0.39, 0.29) is 17.9 Å². The maximum atomic E-state index is 12.7. The van der Waals surface area contributed by atoms with Crippen LogP contribution in [-0.4, -0.2) is 37.7 Å². The summed E-state index contributed by atoms with van der Waals surface area (Å²) in [5.74, 6) is -0.0456. The van der Waals surface area contributed by atoms with Crippen LogP contribution in [0.5, 0.6) is 5.75 Å². The minimum absolute atomic E-state index is 0.0637. The van der Waals surface area contributed by atoms with Crippen molar-refractivity contribution in [2.75, 3.05) is 25.1 Å². The van der Waals surface area contributed by atoms with Crippen molar-refractivity contribution in [3.05, 3.63) is 59.7 Å². The number of benzene rings is 2. The highest BCUT2D eigenvalue weighted by molar-refractivity contribution is 6.10. The van der Waals surface area contributed by atoms with E-state index in [0.29, 0.717) is 35.7 Å². The number of para-hydroxylation sites is 2. The Morgan fingerprint density at radius 3 is 2.56 bits per heavy atom. The molecule has 1 aliphatic heterocycles. The second kappa shape index (κ2) is 9.19. The Morgan fingerprint density at radius 2 is 1.81 bits per heavy atom. The van der Waals surface area contributed by atoms with Gasteiger partial charge in [-0.25, -0.2) is 0 Å². The number of amides is 2. The zero-order valence-corrected chi connectivity index (χ0v) is 15.4. The molecule has 0 bridgehead atoms. The Labute approximate surface area is 158 Å². The normalized spacial score (nSPS) is 16.0. The summed E-state index contributed by atoms with van der Waals surface area (Å²) in [6, 6.07) is 14.0. The third-order valence-electron chi connectivity index (χ3n) is 4.37. The fraction of sp³-hybridized carbons (Fsp3) is 0.333. The van der Waals surface area contributed by atoms with Crippen LogP contribution in [0.2, 0.25) is 0 Å². The molecule has 2 aromatic rings. The van der Waals surface area contributed by atoms with Crippen molar-refractivity contribution in [2.45, 2.75) is 25.9 Å². The first-order valence-electron chi connectivity index (χ1n) is 9.21. The van der Waals surface area contributed by atoms with Gasteiger partial charge in [0.25, 0.3) is 11.8 Å². The molecule has 1 aliphatic rings. The Balaban J connectivity index is 1.72. The molecule has 0 aliphatic carbocycles. The van der Waals surface area contributed by atoms with Crippen LogP contribution >= 0.6 is 0 Å². The van der Waals surface area contributed by atoms with Gasteiger partial charge in [-0.2, -0.15) is 0 Å². The zero-order chi connectivity index (χ0) is 19.1. The summed E-state index contributed by atoms with van der Waals surface area (Å²) >= 11 is 0. The van der Waals surface area contributed by atoms with Crippen molar-refractivity contribution in [1.82, 2.24) is 5.32 Å². The molecule has 6 heteroatoms. The molecular weight excluding hydrogens is 344 g/mol. The molecule has 0 saturated carbocycles. The lowest BCUT2D eigenvalue weighted by atomic mass is 10.1. The Kier molecular flexibility index (Phi) is 6.44. The lowest BCUT2D eigenvalue weighted by Gasteiger charge is -2.14. The summed E-state index contributed by atoms with van der Waals surface area (Å²) in [5.41, 5.74) is 1.30. The number of anilines is 1. The summed E-state index contributed by atoms with van der Waals surface area (Å²) in [7, 11) is 0. The van der Waals surface area contributed by atoms with Crippen LogP contribution in [0.1, 0.15) is 40.5 Å². The largest absolute Gasteiger partial charge is 0.493 e. The topological polar surface area (TPSA) is 76.7 Å². The summed E-state index contributed by atoms with van der Waals surface area (Å²) in [4.78, 5) is 25.3. The van der Waals surface area contributed by atoms with Gasteiger partial charge in [0.15, 0.2) is 0 Å². The predicted molar refractivity (Wildman–Crippen MR) is 103 cm³/mol. The van der Waals surface area contributed by atoms with E-state index >= 15 is 0 Å². The predicted octanol–water partition coefficient (Wildman–Crippen LogP) is 3.25. The molecule has 1 fully saturated rings. The van der Waals surface area contributed by atoms with Gasteiger partial charge in [0.2, 0.25) is 0 Å². The van der Waals surface area contributed by atoms with E-state index in [9.17, 15) is 9.59 Å². The number of nitrogens with one attached hydrogen (secondary N) is 2. The minimum atomic E-state index is -0.321. The average molecular weight is 368 g/mol. The van der Waals surface area contributed by atoms with Crippen molar-refractivity contribution in [1.29, 1.82) is 0 Å². The molecule has 6 nitrogen and oxygen atoms in total. The first-order valence-corrected chi connectivity index (χ1v) is 9.21. The fourth-order valence-corrected chi connectivity index (χ4v) is 3.02. The van der Waals surface area contributed by atoms with Gasteiger partial charge in [-0.05, 0) is 44.0 Å². The Bertz CT molecular complexity index is 800. The number of carbonyl (C=O) groups is 2. The average Bonchev–Trinajstić information content (AvgIpc) is 3.21. The highest BCUT2D eigenvalue weighted by Gasteiger charge is 2.19. The number of rotatable bonds is 7. The molecule has 1 saturated heterocycles. The minimum Gasteiger partial charge on any atom is -0.493 e. The van der Waals surface area contributed by atoms with Gasteiger partial charge in [0.05, 0.1) is 29.5 Å². The standard InChI is InChI=1S/C21H24N2O4/c1-2-26-19-12-6-4-10-17(19)21(25)23-18-11-5-3-9-16(18)20(24)22-14-15-8-7-13-27-15/h3-6,9-12,15H,2,7-8,13-14H2,1H3,(H,22,24)(H,23,25)/t15-/m1/s1. The molecule has 0 aromatic heterocycles.